The Morgan fingerprint density at radius 1 is 1.48 bits per heavy atom. The predicted molar refractivity (Wildman–Crippen MR) is 81.5 cm³/mol. The van der Waals surface area contributed by atoms with Crippen LogP contribution in [0.15, 0.2) is 24.3 Å². The smallest absolute Gasteiger partial charge is 0.407 e. The molecule has 132 valence electrons. The van der Waals surface area contributed by atoms with Crippen LogP contribution in [0, 0.1) is 5.92 Å². The van der Waals surface area contributed by atoms with Gasteiger partial charge in [0.15, 0.2) is 0 Å². The summed E-state index contributed by atoms with van der Waals surface area (Å²) >= 11 is 0. The molecule has 2 N–H and O–H groups in total. The number of phosphoric acid groups is 1. The molecule has 0 aromatic heterocycles. The van der Waals surface area contributed by atoms with Gasteiger partial charge in [-0.05, 0) is 19.3 Å². The van der Waals surface area contributed by atoms with Crippen LogP contribution in [0.5, 0.6) is 0 Å². The lowest BCUT2D eigenvalue weighted by molar-refractivity contribution is -0.227. The first-order chi connectivity index (χ1) is 11.0. The molecule has 23 heavy (non-hydrogen) atoms. The van der Waals surface area contributed by atoms with Crippen molar-refractivity contribution in [1.29, 1.82) is 0 Å². The van der Waals surface area contributed by atoms with E-state index in [-0.39, 0.29) is 38.5 Å². The van der Waals surface area contributed by atoms with Gasteiger partial charge < -0.3 is 29.1 Å². The number of carbonyl (C=O) groups excluding carboxylic acids is 1. The minimum atomic E-state index is -4.37. The normalized spacial score (nSPS) is 20.7. The molecule has 1 aliphatic rings. The van der Waals surface area contributed by atoms with Crippen LogP contribution in [-0.2, 0) is 18.3 Å². The number of amides is 1. The van der Waals surface area contributed by atoms with Crippen molar-refractivity contribution >= 4 is 13.9 Å². The molecule has 0 aliphatic heterocycles. The van der Waals surface area contributed by atoms with E-state index in [2.05, 4.69) is 9.84 Å². The molecule has 0 spiro atoms. The maximum Gasteiger partial charge on any atom is 0.407 e. The molecular formula is C14H23NO7P-. The Bertz CT molecular complexity index is 466. The summed E-state index contributed by atoms with van der Waals surface area (Å²) in [6, 6.07) is 0. The summed E-state index contributed by atoms with van der Waals surface area (Å²) < 4.78 is 25.3. The number of hydrogen-bond donors (Lipinski definition) is 2. The highest BCUT2D eigenvalue weighted by Gasteiger charge is 2.17. The Hall–Kier alpha value is -1.18. The number of phosphoric ester groups is 1. The summed E-state index contributed by atoms with van der Waals surface area (Å²) in [4.78, 5) is 22.8. The zero-order valence-corrected chi connectivity index (χ0v) is 13.9. The fourth-order valence-corrected chi connectivity index (χ4v) is 2.61. The molecule has 1 rings (SSSR count). The lowest BCUT2D eigenvalue weighted by atomic mass is 10.0. The molecule has 3 unspecified atom stereocenters. The lowest BCUT2D eigenvalue weighted by Gasteiger charge is -2.26. The first kappa shape index (κ1) is 19.9. The van der Waals surface area contributed by atoms with Gasteiger partial charge in [-0.25, -0.2) is 4.79 Å². The van der Waals surface area contributed by atoms with E-state index >= 15 is 0 Å². The van der Waals surface area contributed by atoms with Gasteiger partial charge in [-0.15, -0.1) is 0 Å². The van der Waals surface area contributed by atoms with Gasteiger partial charge in [-0.2, -0.15) is 0 Å². The van der Waals surface area contributed by atoms with E-state index in [0.717, 1.165) is 13.5 Å². The van der Waals surface area contributed by atoms with Crippen molar-refractivity contribution in [2.45, 2.75) is 25.4 Å². The average Bonchev–Trinajstić information content (AvgIpc) is 2.54. The second-order valence-electron chi connectivity index (χ2n) is 4.99. The zero-order valence-electron chi connectivity index (χ0n) is 13.1. The van der Waals surface area contributed by atoms with Crippen LogP contribution in [0.3, 0.4) is 0 Å². The fourth-order valence-electron chi connectivity index (χ4n) is 1.94. The number of rotatable bonds is 10. The van der Waals surface area contributed by atoms with Gasteiger partial charge in [0.2, 0.25) is 0 Å². The molecule has 0 radical (unpaired) electrons. The van der Waals surface area contributed by atoms with Crippen LogP contribution in [0.25, 0.3) is 0 Å². The Labute approximate surface area is 135 Å². The number of aliphatic hydroxyl groups is 1. The minimum absolute atomic E-state index is 0.117. The number of allylic oxidation sites excluding steroid dienone is 3. The maximum atomic E-state index is 11.6. The van der Waals surface area contributed by atoms with Crippen LogP contribution < -0.4 is 10.2 Å². The van der Waals surface area contributed by atoms with E-state index in [1.54, 1.807) is 0 Å². The lowest BCUT2D eigenvalue weighted by Crippen LogP contribution is -2.30. The van der Waals surface area contributed by atoms with Crippen molar-refractivity contribution in [3.8, 4) is 0 Å². The van der Waals surface area contributed by atoms with Gasteiger partial charge >= 0.3 is 6.09 Å². The number of nitrogens with one attached hydrogen (secondary N) is 1. The molecule has 9 heteroatoms. The highest BCUT2D eigenvalue weighted by molar-refractivity contribution is 7.45. The van der Waals surface area contributed by atoms with Crippen LogP contribution in [0.2, 0.25) is 0 Å². The molecule has 0 aromatic rings. The molecule has 3 atom stereocenters. The van der Waals surface area contributed by atoms with Crippen molar-refractivity contribution in [1.82, 2.24) is 5.32 Å². The van der Waals surface area contributed by atoms with Gasteiger partial charge in [0, 0.05) is 26.2 Å². The van der Waals surface area contributed by atoms with Crippen molar-refractivity contribution < 1.29 is 33.1 Å². The summed E-state index contributed by atoms with van der Waals surface area (Å²) in [5, 5.41) is 11.4. The second-order valence-corrected chi connectivity index (χ2v) is 6.46. The van der Waals surface area contributed by atoms with E-state index in [9.17, 15) is 14.3 Å². The molecular weight excluding hydrogens is 325 g/mol. The van der Waals surface area contributed by atoms with Crippen molar-refractivity contribution in [2.24, 2.45) is 5.92 Å². The second kappa shape index (κ2) is 10.6. The molecule has 0 bridgehead atoms. The number of hydrogen-bond acceptors (Lipinski definition) is 7. The summed E-state index contributed by atoms with van der Waals surface area (Å²) in [6.07, 6.45) is 7.61. The van der Waals surface area contributed by atoms with E-state index in [1.165, 1.54) is 0 Å². The van der Waals surface area contributed by atoms with Crippen LogP contribution >= 0.6 is 7.82 Å². The van der Waals surface area contributed by atoms with Gasteiger partial charge in [-0.1, -0.05) is 24.3 Å². The Morgan fingerprint density at radius 2 is 2.26 bits per heavy atom. The quantitative estimate of drug-likeness (QED) is 0.568. The average molecular weight is 348 g/mol. The van der Waals surface area contributed by atoms with Gasteiger partial charge in [0.25, 0.3) is 7.82 Å². The maximum absolute atomic E-state index is 11.6. The van der Waals surface area contributed by atoms with Crippen molar-refractivity contribution in [3.05, 3.63) is 24.3 Å². The summed E-state index contributed by atoms with van der Waals surface area (Å²) in [6.45, 7) is 0.205. The first-order valence-electron chi connectivity index (χ1n) is 7.37. The van der Waals surface area contributed by atoms with Crippen molar-refractivity contribution in [2.75, 3.05) is 26.9 Å². The number of ether oxygens (including phenoxy) is 1. The van der Waals surface area contributed by atoms with E-state index in [0.29, 0.717) is 0 Å². The van der Waals surface area contributed by atoms with Crippen LogP contribution in [-0.4, -0.2) is 44.2 Å². The highest BCUT2D eigenvalue weighted by Crippen LogP contribution is 2.39. The zero-order chi connectivity index (χ0) is 17.1. The highest BCUT2D eigenvalue weighted by atomic mass is 31.2. The Morgan fingerprint density at radius 3 is 2.87 bits per heavy atom. The molecule has 0 fully saturated rings. The number of aliphatic hydroxyl groups excluding tert-OH is 1. The van der Waals surface area contributed by atoms with Gasteiger partial charge in [-0.3, -0.25) is 4.57 Å². The minimum Gasteiger partial charge on any atom is -0.756 e. The summed E-state index contributed by atoms with van der Waals surface area (Å²) in [5.41, 5.74) is 0. The molecule has 0 aromatic carbocycles. The molecule has 0 saturated carbocycles. The Balaban J connectivity index is 2.23. The third-order valence-corrected chi connectivity index (χ3v) is 4.19. The van der Waals surface area contributed by atoms with Crippen LogP contribution in [0.1, 0.15) is 19.3 Å². The third kappa shape index (κ3) is 8.88. The molecule has 1 amide bonds. The molecule has 0 heterocycles. The van der Waals surface area contributed by atoms with Gasteiger partial charge in [0.1, 0.15) is 0 Å². The monoisotopic (exact) mass is 348 g/mol. The van der Waals surface area contributed by atoms with E-state index < -0.39 is 20.0 Å². The first-order valence-corrected chi connectivity index (χ1v) is 8.83. The topological polar surface area (TPSA) is 117 Å². The van der Waals surface area contributed by atoms with Gasteiger partial charge in [0.05, 0.1) is 12.7 Å². The summed E-state index contributed by atoms with van der Waals surface area (Å²) in [7, 11) is -3.38. The van der Waals surface area contributed by atoms with Crippen LogP contribution in [0.4, 0.5) is 4.79 Å². The molecule has 8 nitrogen and oxygen atoms in total. The SMILES string of the molecule is COP(=O)([O-])OC(CCO)CCNC(=O)OCC1C=CC=CC1. The van der Waals surface area contributed by atoms with Crippen molar-refractivity contribution in [3.63, 3.8) is 0 Å². The molecule has 1 aliphatic carbocycles. The van der Waals surface area contributed by atoms with E-state index in [1.807, 2.05) is 24.3 Å². The number of alkyl carbamates (subject to hydrolysis) is 1. The third-order valence-electron chi connectivity index (χ3n) is 3.19. The Kier molecular flexibility index (Phi) is 9.13. The number of carbonyl (C=O) groups is 1. The predicted octanol–water partition coefficient (Wildman–Crippen LogP) is 1.12. The largest absolute Gasteiger partial charge is 0.756 e. The van der Waals surface area contributed by atoms with E-state index in [4.69, 9.17) is 14.4 Å². The molecule has 0 saturated heterocycles. The standard InChI is InChI=1S/C14H24NO7P/c1-20-23(18,19)22-13(8-10-16)7-9-15-14(17)21-11-12-5-3-2-4-6-12/h2-5,12-13,16H,6-11H2,1H3,(H,15,17)(H,18,19)/p-1. The fraction of sp³-hybridized carbons (Fsp3) is 0.643. The summed E-state index contributed by atoms with van der Waals surface area (Å²) in [5.74, 6) is 0.171.